The number of carbonyl (C=O) groups is 2. The van der Waals surface area contributed by atoms with Gasteiger partial charge in [-0.25, -0.2) is 9.59 Å². The molecular formula is C19H26N2O4. The maximum atomic E-state index is 12.3. The van der Waals surface area contributed by atoms with Gasteiger partial charge < -0.3 is 19.8 Å². The number of ether oxygens (including phenoxy) is 2. The van der Waals surface area contributed by atoms with Crippen LogP contribution in [0.15, 0.2) is 24.3 Å². The van der Waals surface area contributed by atoms with Crippen molar-refractivity contribution in [1.82, 2.24) is 10.3 Å². The lowest BCUT2D eigenvalue weighted by Gasteiger charge is -2.23. The number of rotatable bonds is 5. The van der Waals surface area contributed by atoms with Crippen LogP contribution in [0.3, 0.4) is 0 Å². The summed E-state index contributed by atoms with van der Waals surface area (Å²) in [4.78, 5) is 27.7. The number of hydrogen-bond donors (Lipinski definition) is 2. The predicted octanol–water partition coefficient (Wildman–Crippen LogP) is 3.48. The van der Waals surface area contributed by atoms with Crippen molar-refractivity contribution in [3.8, 4) is 0 Å². The Morgan fingerprint density at radius 3 is 2.56 bits per heavy atom. The summed E-state index contributed by atoms with van der Waals surface area (Å²) in [7, 11) is 0. The highest BCUT2D eigenvalue weighted by molar-refractivity contribution is 5.87. The largest absolute Gasteiger partial charge is 0.464 e. The highest BCUT2D eigenvalue weighted by Gasteiger charge is 2.27. The number of aromatic nitrogens is 1. The van der Waals surface area contributed by atoms with Crippen LogP contribution in [0.4, 0.5) is 4.79 Å². The number of carbonyl (C=O) groups excluding carboxylic acids is 2. The molecule has 1 aromatic carbocycles. The molecule has 0 aliphatic carbocycles. The van der Waals surface area contributed by atoms with Gasteiger partial charge in [0.1, 0.15) is 11.6 Å². The van der Waals surface area contributed by atoms with E-state index in [1.165, 1.54) is 0 Å². The zero-order valence-electron chi connectivity index (χ0n) is 15.4. The van der Waals surface area contributed by atoms with Crippen LogP contribution in [0.1, 0.15) is 39.0 Å². The number of amides is 1. The van der Waals surface area contributed by atoms with Gasteiger partial charge in [0.15, 0.2) is 0 Å². The van der Waals surface area contributed by atoms with Crippen molar-refractivity contribution in [1.29, 1.82) is 0 Å². The molecule has 0 bridgehead atoms. The molecule has 1 amide bonds. The third-order valence-electron chi connectivity index (χ3n) is 3.70. The predicted molar refractivity (Wildman–Crippen MR) is 96.5 cm³/mol. The van der Waals surface area contributed by atoms with Crippen LogP contribution >= 0.6 is 0 Å². The Bertz CT molecular complexity index is 758. The molecule has 0 saturated heterocycles. The number of aromatic amines is 1. The number of H-pyrrole nitrogens is 1. The Labute approximate surface area is 147 Å². The van der Waals surface area contributed by atoms with Gasteiger partial charge in [0.2, 0.25) is 0 Å². The molecule has 0 saturated carbocycles. The zero-order valence-corrected chi connectivity index (χ0v) is 15.4. The van der Waals surface area contributed by atoms with Crippen molar-refractivity contribution in [2.45, 2.75) is 52.7 Å². The van der Waals surface area contributed by atoms with Gasteiger partial charge in [-0.3, -0.25) is 0 Å². The molecule has 0 spiro atoms. The van der Waals surface area contributed by atoms with Crippen molar-refractivity contribution >= 4 is 23.0 Å². The second-order valence-electron chi connectivity index (χ2n) is 6.93. The monoisotopic (exact) mass is 346 g/mol. The topological polar surface area (TPSA) is 80.4 Å². The minimum Gasteiger partial charge on any atom is -0.464 e. The molecule has 1 atom stereocenters. The molecule has 1 heterocycles. The Balaban J connectivity index is 2.25. The minimum atomic E-state index is -0.812. The molecule has 0 aliphatic rings. The van der Waals surface area contributed by atoms with E-state index in [4.69, 9.17) is 9.47 Å². The zero-order chi connectivity index (χ0) is 18.6. The highest BCUT2D eigenvalue weighted by atomic mass is 16.6. The molecule has 0 radical (unpaired) electrons. The van der Waals surface area contributed by atoms with Crippen LogP contribution in [-0.4, -0.2) is 35.3 Å². The third kappa shape index (κ3) is 4.98. The van der Waals surface area contributed by atoms with Gasteiger partial charge in [-0.1, -0.05) is 18.2 Å². The number of para-hydroxylation sites is 1. The summed E-state index contributed by atoms with van der Waals surface area (Å²) in [5.41, 5.74) is 2.29. The first-order valence-electron chi connectivity index (χ1n) is 8.43. The summed E-state index contributed by atoms with van der Waals surface area (Å²) in [6.07, 6.45) is -0.309. The number of esters is 1. The summed E-state index contributed by atoms with van der Waals surface area (Å²) < 4.78 is 10.4. The number of aryl methyl sites for hydroxylation is 1. The van der Waals surface area contributed by atoms with Crippen LogP contribution in [0.25, 0.3) is 10.9 Å². The van der Waals surface area contributed by atoms with E-state index < -0.39 is 23.7 Å². The second kappa shape index (κ2) is 7.59. The molecule has 1 aromatic heterocycles. The molecule has 2 aromatic rings. The summed E-state index contributed by atoms with van der Waals surface area (Å²) in [6, 6.07) is 7.05. The fourth-order valence-electron chi connectivity index (χ4n) is 2.69. The van der Waals surface area contributed by atoms with Crippen molar-refractivity contribution in [3.63, 3.8) is 0 Å². The molecule has 1 unspecified atom stereocenters. The van der Waals surface area contributed by atoms with Gasteiger partial charge >= 0.3 is 12.1 Å². The van der Waals surface area contributed by atoms with Gasteiger partial charge in [0.05, 0.1) is 6.61 Å². The Morgan fingerprint density at radius 1 is 1.24 bits per heavy atom. The second-order valence-corrected chi connectivity index (χ2v) is 6.93. The lowest BCUT2D eigenvalue weighted by atomic mass is 10.0. The van der Waals surface area contributed by atoms with E-state index in [1.807, 2.05) is 31.2 Å². The Hall–Kier alpha value is -2.50. The first kappa shape index (κ1) is 18.8. The number of nitrogens with one attached hydrogen (secondary N) is 2. The SMILES string of the molecule is CCOC(=O)C(Cc1c(C)[nH]c2ccccc12)NC(=O)OC(C)(C)C. The summed E-state index contributed by atoms with van der Waals surface area (Å²) in [6.45, 7) is 9.25. The van der Waals surface area contributed by atoms with E-state index in [-0.39, 0.29) is 6.61 Å². The summed E-state index contributed by atoms with van der Waals surface area (Å²) in [5, 5.41) is 3.67. The number of fused-ring (bicyclic) bond motifs is 1. The van der Waals surface area contributed by atoms with Crippen molar-refractivity contribution in [2.75, 3.05) is 6.61 Å². The molecule has 6 nitrogen and oxygen atoms in total. The smallest absolute Gasteiger partial charge is 0.408 e. The van der Waals surface area contributed by atoms with E-state index in [1.54, 1.807) is 27.7 Å². The van der Waals surface area contributed by atoms with E-state index in [2.05, 4.69) is 10.3 Å². The first-order chi connectivity index (χ1) is 11.7. The molecule has 6 heteroatoms. The van der Waals surface area contributed by atoms with E-state index in [9.17, 15) is 9.59 Å². The molecule has 2 N–H and O–H groups in total. The van der Waals surface area contributed by atoms with Crippen LogP contribution in [0, 0.1) is 6.92 Å². The van der Waals surface area contributed by atoms with E-state index >= 15 is 0 Å². The molecule has 25 heavy (non-hydrogen) atoms. The lowest BCUT2D eigenvalue weighted by molar-refractivity contribution is -0.145. The number of benzene rings is 1. The fourth-order valence-corrected chi connectivity index (χ4v) is 2.69. The molecule has 0 fully saturated rings. The number of alkyl carbamates (subject to hydrolysis) is 1. The van der Waals surface area contributed by atoms with Crippen LogP contribution in [-0.2, 0) is 20.7 Å². The molecule has 136 valence electrons. The van der Waals surface area contributed by atoms with Gasteiger partial charge in [-0.15, -0.1) is 0 Å². The van der Waals surface area contributed by atoms with Crippen LogP contribution in [0.2, 0.25) is 0 Å². The van der Waals surface area contributed by atoms with Gasteiger partial charge in [0, 0.05) is 23.0 Å². The molecular weight excluding hydrogens is 320 g/mol. The minimum absolute atomic E-state index is 0.248. The average molecular weight is 346 g/mol. The Kier molecular flexibility index (Phi) is 5.72. The maximum Gasteiger partial charge on any atom is 0.408 e. The van der Waals surface area contributed by atoms with Crippen LogP contribution < -0.4 is 5.32 Å². The fraction of sp³-hybridized carbons (Fsp3) is 0.474. The quantitative estimate of drug-likeness (QED) is 0.812. The normalized spacial score (nSPS) is 12.7. The standard InChI is InChI=1S/C19H26N2O4/c1-6-24-17(22)16(21-18(23)25-19(3,4)5)11-14-12(2)20-15-10-8-7-9-13(14)15/h7-10,16,20H,6,11H2,1-5H3,(H,21,23). The van der Waals surface area contributed by atoms with Crippen LogP contribution in [0.5, 0.6) is 0 Å². The van der Waals surface area contributed by atoms with E-state index in [0.717, 1.165) is 22.2 Å². The van der Waals surface area contributed by atoms with Gasteiger partial charge in [-0.05, 0) is 46.2 Å². The Morgan fingerprint density at radius 2 is 1.92 bits per heavy atom. The average Bonchev–Trinajstić information content (AvgIpc) is 2.81. The lowest BCUT2D eigenvalue weighted by Crippen LogP contribution is -2.45. The highest BCUT2D eigenvalue weighted by Crippen LogP contribution is 2.23. The van der Waals surface area contributed by atoms with Gasteiger partial charge in [-0.2, -0.15) is 0 Å². The van der Waals surface area contributed by atoms with Crippen molar-refractivity contribution in [3.05, 3.63) is 35.5 Å². The van der Waals surface area contributed by atoms with E-state index in [0.29, 0.717) is 6.42 Å². The maximum absolute atomic E-state index is 12.3. The number of hydrogen-bond acceptors (Lipinski definition) is 4. The molecule has 0 aliphatic heterocycles. The first-order valence-corrected chi connectivity index (χ1v) is 8.43. The summed E-state index contributed by atoms with van der Waals surface area (Å²) >= 11 is 0. The van der Waals surface area contributed by atoms with Crippen molar-refractivity contribution < 1.29 is 19.1 Å². The third-order valence-corrected chi connectivity index (χ3v) is 3.70. The van der Waals surface area contributed by atoms with Gasteiger partial charge in [0.25, 0.3) is 0 Å². The van der Waals surface area contributed by atoms with Crippen molar-refractivity contribution in [2.24, 2.45) is 0 Å². The molecule has 2 rings (SSSR count). The summed E-state index contributed by atoms with van der Waals surface area (Å²) in [5.74, 6) is -0.474.